The zero-order valence-electron chi connectivity index (χ0n) is 22.8. The molecule has 0 aliphatic rings. The third kappa shape index (κ3) is 6.83. The molecule has 6 nitrogen and oxygen atoms in total. The number of aliphatic hydroxyl groups excluding tert-OH is 1. The lowest BCUT2D eigenvalue weighted by Gasteiger charge is -2.32. The molecule has 6 heteroatoms. The van der Waals surface area contributed by atoms with Crippen LogP contribution in [0.15, 0.2) is 54.6 Å². The number of aliphatic hydroxyl groups is 1. The Morgan fingerprint density at radius 1 is 0.919 bits per heavy atom. The molecular weight excluding hydrogens is 466 g/mol. The van der Waals surface area contributed by atoms with Crippen LogP contribution in [0.2, 0.25) is 0 Å². The summed E-state index contributed by atoms with van der Waals surface area (Å²) >= 11 is 0. The zero-order chi connectivity index (χ0) is 27.2. The van der Waals surface area contributed by atoms with Crippen LogP contribution in [0.1, 0.15) is 52.2 Å². The molecule has 0 saturated heterocycles. The van der Waals surface area contributed by atoms with Crippen LogP contribution in [0.3, 0.4) is 0 Å². The number of ether oxygens (including phenoxy) is 2. The highest BCUT2D eigenvalue weighted by Gasteiger charge is 2.24. The second kappa shape index (κ2) is 12.2. The molecule has 0 aromatic heterocycles. The van der Waals surface area contributed by atoms with E-state index in [1.165, 1.54) is 16.8 Å². The van der Waals surface area contributed by atoms with Crippen molar-refractivity contribution in [2.75, 3.05) is 31.2 Å². The molecule has 0 saturated carbocycles. The van der Waals surface area contributed by atoms with Gasteiger partial charge in [-0.1, -0.05) is 39.0 Å². The molecule has 0 radical (unpaired) electrons. The van der Waals surface area contributed by atoms with Crippen LogP contribution >= 0.6 is 0 Å². The number of benzene rings is 3. The molecule has 3 aromatic carbocycles. The summed E-state index contributed by atoms with van der Waals surface area (Å²) in [6, 6.07) is 17.6. The predicted molar refractivity (Wildman–Crippen MR) is 150 cm³/mol. The fraction of sp³-hybridized carbons (Fsp3) is 0.387. The summed E-state index contributed by atoms with van der Waals surface area (Å²) in [5.41, 5.74) is 7.69. The Balaban J connectivity index is 2.17. The Morgan fingerprint density at radius 2 is 1.57 bits per heavy atom. The van der Waals surface area contributed by atoms with Crippen LogP contribution in [0.25, 0.3) is 22.3 Å². The number of hydrogen-bond donors (Lipinski definition) is 2. The average molecular weight is 506 g/mol. The molecular formula is C31H39NO5. The number of aryl methyl sites for hydroxylation is 1. The van der Waals surface area contributed by atoms with Gasteiger partial charge in [0.25, 0.3) is 0 Å². The minimum absolute atomic E-state index is 0.0613. The minimum atomic E-state index is -1.34. The number of carboxylic acid groups (broad SMARTS) is 1. The van der Waals surface area contributed by atoms with Crippen LogP contribution in [0.5, 0.6) is 11.5 Å². The topological polar surface area (TPSA) is 79.2 Å². The first kappa shape index (κ1) is 28.1. The monoisotopic (exact) mass is 505 g/mol. The van der Waals surface area contributed by atoms with Crippen molar-refractivity contribution >= 4 is 11.8 Å². The molecule has 0 spiro atoms. The smallest absolute Gasteiger partial charge is 0.493 e. The lowest BCUT2D eigenvalue weighted by Crippen LogP contribution is -2.27. The van der Waals surface area contributed by atoms with Gasteiger partial charge in [-0.25, -0.2) is 4.79 Å². The van der Waals surface area contributed by atoms with E-state index in [0.717, 1.165) is 41.1 Å². The van der Waals surface area contributed by atoms with Crippen molar-refractivity contribution in [1.82, 2.24) is 0 Å². The van der Waals surface area contributed by atoms with Crippen LogP contribution in [-0.4, -0.2) is 42.7 Å². The van der Waals surface area contributed by atoms with Crippen molar-refractivity contribution in [3.8, 4) is 33.8 Å². The van der Waals surface area contributed by atoms with Gasteiger partial charge in [-0.3, -0.25) is 0 Å². The quantitative estimate of drug-likeness (QED) is 0.171. The van der Waals surface area contributed by atoms with Gasteiger partial charge in [0, 0.05) is 37.4 Å². The highest BCUT2D eigenvalue weighted by Crippen LogP contribution is 2.42. The number of rotatable bonds is 10. The average Bonchev–Trinajstić information content (AvgIpc) is 2.85. The van der Waals surface area contributed by atoms with Crippen molar-refractivity contribution < 1.29 is 24.5 Å². The summed E-state index contributed by atoms with van der Waals surface area (Å²) in [4.78, 5) is 13.3. The summed E-state index contributed by atoms with van der Waals surface area (Å²) in [5, 5.41) is 18.1. The third-order valence-corrected chi connectivity index (χ3v) is 6.43. The first-order chi connectivity index (χ1) is 17.6. The van der Waals surface area contributed by atoms with Crippen LogP contribution in [0.4, 0.5) is 10.5 Å². The molecule has 0 aliphatic heterocycles. The molecule has 0 amide bonds. The summed E-state index contributed by atoms with van der Waals surface area (Å²) in [6.45, 7) is 15.6. The van der Waals surface area contributed by atoms with E-state index in [4.69, 9.17) is 14.6 Å². The van der Waals surface area contributed by atoms with E-state index in [1.54, 1.807) is 12.1 Å². The van der Waals surface area contributed by atoms with Gasteiger partial charge in [0.15, 0.2) is 0 Å². The molecule has 0 heterocycles. The molecule has 0 bridgehead atoms. The fourth-order valence-corrected chi connectivity index (χ4v) is 4.59. The maximum Gasteiger partial charge on any atom is 0.511 e. The molecule has 0 fully saturated rings. The number of nitrogens with zero attached hydrogens (tertiary/aromatic N) is 1. The van der Waals surface area contributed by atoms with Gasteiger partial charge in [0.1, 0.15) is 11.5 Å². The molecule has 3 rings (SSSR count). The van der Waals surface area contributed by atoms with Gasteiger partial charge >= 0.3 is 6.16 Å². The Bertz CT molecular complexity index is 1210. The Labute approximate surface area is 220 Å². The van der Waals surface area contributed by atoms with Gasteiger partial charge in [0.05, 0.1) is 6.61 Å². The molecule has 0 aliphatic carbocycles. The molecule has 0 unspecified atom stereocenters. The summed E-state index contributed by atoms with van der Waals surface area (Å²) < 4.78 is 10.9. The molecule has 37 heavy (non-hydrogen) atoms. The standard InChI is InChI=1S/C31H39NO5/c1-7-32(8-2)29-21(3)18-24(20-27(29)31(4,5)6)26-19-23(12-15-28(26)36-17-9-16-33)22-10-13-25(14-11-22)37-30(34)35/h10-15,18-20,33H,7-9,16-17H2,1-6H3,(H,34,35). The van der Waals surface area contributed by atoms with E-state index in [1.807, 2.05) is 24.3 Å². The normalized spacial score (nSPS) is 11.3. The Kier molecular flexibility index (Phi) is 9.22. The van der Waals surface area contributed by atoms with E-state index in [9.17, 15) is 9.90 Å². The maximum absolute atomic E-state index is 10.8. The second-order valence-corrected chi connectivity index (χ2v) is 10.1. The predicted octanol–water partition coefficient (Wildman–Crippen LogP) is 7.29. The fourth-order valence-electron chi connectivity index (χ4n) is 4.59. The largest absolute Gasteiger partial charge is 0.511 e. The first-order valence-corrected chi connectivity index (χ1v) is 12.9. The highest BCUT2D eigenvalue weighted by atomic mass is 16.7. The molecule has 2 N–H and O–H groups in total. The van der Waals surface area contributed by atoms with Crippen LogP contribution in [0, 0.1) is 6.92 Å². The van der Waals surface area contributed by atoms with E-state index in [-0.39, 0.29) is 17.8 Å². The van der Waals surface area contributed by atoms with Crippen molar-refractivity contribution in [2.45, 2.75) is 53.4 Å². The van der Waals surface area contributed by atoms with Crippen LogP contribution < -0.4 is 14.4 Å². The van der Waals surface area contributed by atoms with Crippen molar-refractivity contribution in [2.24, 2.45) is 0 Å². The van der Waals surface area contributed by atoms with E-state index in [2.05, 4.69) is 64.6 Å². The number of anilines is 1. The van der Waals surface area contributed by atoms with Gasteiger partial charge < -0.3 is 24.6 Å². The van der Waals surface area contributed by atoms with Gasteiger partial charge in [0.2, 0.25) is 0 Å². The molecule has 3 aromatic rings. The SMILES string of the molecule is CCN(CC)c1c(C)cc(-c2cc(-c3ccc(OC(=O)O)cc3)ccc2OCCCO)cc1C(C)(C)C. The summed E-state index contributed by atoms with van der Waals surface area (Å²) in [5.74, 6) is 1.04. The Hall–Kier alpha value is -3.51. The van der Waals surface area contributed by atoms with Crippen molar-refractivity contribution in [1.29, 1.82) is 0 Å². The van der Waals surface area contributed by atoms with Crippen LogP contribution in [-0.2, 0) is 5.41 Å². The summed E-state index contributed by atoms with van der Waals surface area (Å²) in [6.07, 6.45) is -0.781. The highest BCUT2D eigenvalue weighted by molar-refractivity contribution is 5.81. The van der Waals surface area contributed by atoms with Crippen molar-refractivity contribution in [3.05, 3.63) is 65.7 Å². The minimum Gasteiger partial charge on any atom is -0.493 e. The number of hydrogen-bond acceptors (Lipinski definition) is 5. The third-order valence-electron chi connectivity index (χ3n) is 6.43. The zero-order valence-corrected chi connectivity index (χ0v) is 22.8. The first-order valence-electron chi connectivity index (χ1n) is 12.9. The van der Waals surface area contributed by atoms with Gasteiger partial charge in [-0.05, 0) is 90.4 Å². The number of carbonyl (C=O) groups is 1. The van der Waals surface area contributed by atoms with E-state index < -0.39 is 6.16 Å². The maximum atomic E-state index is 10.8. The lowest BCUT2D eigenvalue weighted by atomic mass is 9.82. The molecule has 198 valence electrons. The Morgan fingerprint density at radius 3 is 2.14 bits per heavy atom. The van der Waals surface area contributed by atoms with Gasteiger partial charge in [-0.2, -0.15) is 0 Å². The van der Waals surface area contributed by atoms with E-state index in [0.29, 0.717) is 13.0 Å². The second-order valence-electron chi connectivity index (χ2n) is 10.1. The summed E-state index contributed by atoms with van der Waals surface area (Å²) in [7, 11) is 0. The van der Waals surface area contributed by atoms with E-state index >= 15 is 0 Å². The molecule has 0 atom stereocenters. The van der Waals surface area contributed by atoms with Crippen molar-refractivity contribution in [3.63, 3.8) is 0 Å². The lowest BCUT2D eigenvalue weighted by molar-refractivity contribution is 0.144. The van der Waals surface area contributed by atoms with Gasteiger partial charge in [-0.15, -0.1) is 0 Å².